The number of benzene rings is 5. The molecule has 0 radical (unpaired) electrons. The molecule has 0 spiro atoms. The van der Waals surface area contributed by atoms with Crippen molar-refractivity contribution in [3.05, 3.63) is 134 Å². The van der Waals surface area contributed by atoms with Gasteiger partial charge in [-0.1, -0.05) is 91.0 Å². The first-order valence-corrected chi connectivity index (χ1v) is 13.0. The molecule has 2 heterocycles. The number of rotatable bonds is 3. The molecule has 38 heavy (non-hydrogen) atoms. The highest BCUT2D eigenvalue weighted by molar-refractivity contribution is 6.27. The van der Waals surface area contributed by atoms with Crippen LogP contribution in [-0.4, -0.2) is 9.97 Å². The van der Waals surface area contributed by atoms with Crippen molar-refractivity contribution < 1.29 is 0 Å². The third kappa shape index (κ3) is 4.21. The predicted octanol–water partition coefficient (Wildman–Crippen LogP) is 9.96. The lowest BCUT2D eigenvalue weighted by Gasteiger charge is -2.16. The molecule has 2 heteroatoms. The first kappa shape index (κ1) is 23.6. The van der Waals surface area contributed by atoms with Crippen molar-refractivity contribution in [1.82, 2.24) is 9.97 Å². The molecule has 0 aliphatic heterocycles. The molecule has 2 aromatic heterocycles. The fourth-order valence-electron chi connectivity index (χ4n) is 5.21. The monoisotopic (exact) mass is 488 g/mol. The van der Waals surface area contributed by atoms with Crippen molar-refractivity contribution in [2.24, 2.45) is 0 Å². The zero-order valence-corrected chi connectivity index (χ0v) is 21.6. The van der Waals surface area contributed by atoms with Gasteiger partial charge in [-0.2, -0.15) is 0 Å². The van der Waals surface area contributed by atoms with E-state index in [4.69, 9.17) is 0 Å². The first-order chi connectivity index (χ1) is 18.8. The standard InChI is InChI=1S/C32H20N2.C4H8/c1-2-26(20-34-17-1)28-12-10-25-8-7-24-9-11-27(29-13-14-30(28)32(25)31(24)29)23-5-3-21(4-6-23)22-15-18-33-19-16-22;1-3-4-2/h1-20H;3-4H,1-2H3/b;4-3-. The Labute approximate surface area is 223 Å². The molecule has 0 saturated carbocycles. The van der Waals surface area contributed by atoms with E-state index in [1.54, 1.807) is 0 Å². The summed E-state index contributed by atoms with van der Waals surface area (Å²) in [5.41, 5.74) is 7.23. The molecule has 0 aliphatic carbocycles. The lowest BCUT2D eigenvalue weighted by atomic mass is 9.87. The lowest BCUT2D eigenvalue weighted by molar-refractivity contribution is 1.33. The molecular formula is C36H28N2. The van der Waals surface area contributed by atoms with Crippen LogP contribution in [0, 0.1) is 0 Å². The number of allylic oxidation sites excluding steroid dienone is 2. The van der Waals surface area contributed by atoms with E-state index in [0.29, 0.717) is 0 Å². The molecule has 0 bridgehead atoms. The minimum Gasteiger partial charge on any atom is -0.265 e. The van der Waals surface area contributed by atoms with E-state index in [2.05, 4.69) is 88.8 Å². The largest absolute Gasteiger partial charge is 0.265 e. The van der Waals surface area contributed by atoms with Crippen LogP contribution in [-0.2, 0) is 0 Å². The van der Waals surface area contributed by atoms with Gasteiger partial charge in [0.05, 0.1) is 0 Å². The Kier molecular flexibility index (Phi) is 6.37. The number of nitrogens with zero attached hydrogens (tertiary/aromatic N) is 2. The minimum atomic E-state index is 1.15. The molecule has 0 unspecified atom stereocenters. The number of pyridine rings is 2. The topological polar surface area (TPSA) is 25.8 Å². The van der Waals surface area contributed by atoms with Crippen LogP contribution in [0.4, 0.5) is 0 Å². The normalized spacial score (nSPS) is 11.3. The van der Waals surface area contributed by atoms with Crippen LogP contribution in [0.25, 0.3) is 65.7 Å². The van der Waals surface area contributed by atoms with Gasteiger partial charge in [-0.05, 0) is 92.2 Å². The van der Waals surface area contributed by atoms with Crippen LogP contribution in [0.3, 0.4) is 0 Å². The van der Waals surface area contributed by atoms with Crippen LogP contribution in [0.2, 0.25) is 0 Å². The maximum absolute atomic E-state index is 4.35. The van der Waals surface area contributed by atoms with Gasteiger partial charge in [0.25, 0.3) is 0 Å². The summed E-state index contributed by atoms with van der Waals surface area (Å²) in [7, 11) is 0. The van der Waals surface area contributed by atoms with Crippen molar-refractivity contribution >= 4 is 32.3 Å². The Hall–Kier alpha value is -4.82. The molecule has 7 aromatic rings. The van der Waals surface area contributed by atoms with Crippen LogP contribution in [0.15, 0.2) is 134 Å². The van der Waals surface area contributed by atoms with E-state index in [1.807, 2.05) is 69.0 Å². The van der Waals surface area contributed by atoms with Gasteiger partial charge in [0.1, 0.15) is 0 Å². The summed E-state index contributed by atoms with van der Waals surface area (Å²) in [6, 6.07) is 35.1. The van der Waals surface area contributed by atoms with Gasteiger partial charge in [-0.3, -0.25) is 9.97 Å². The highest BCUT2D eigenvalue weighted by Crippen LogP contribution is 2.42. The predicted molar refractivity (Wildman–Crippen MR) is 163 cm³/mol. The van der Waals surface area contributed by atoms with Crippen molar-refractivity contribution in [2.45, 2.75) is 13.8 Å². The second-order valence-corrected chi connectivity index (χ2v) is 9.37. The van der Waals surface area contributed by atoms with Crippen LogP contribution in [0.5, 0.6) is 0 Å². The van der Waals surface area contributed by atoms with Crippen molar-refractivity contribution in [3.8, 4) is 33.4 Å². The van der Waals surface area contributed by atoms with Crippen LogP contribution < -0.4 is 0 Å². The summed E-state index contributed by atoms with van der Waals surface area (Å²) in [6.45, 7) is 4.00. The zero-order valence-electron chi connectivity index (χ0n) is 21.6. The second-order valence-electron chi connectivity index (χ2n) is 9.37. The molecule has 0 saturated heterocycles. The third-order valence-corrected chi connectivity index (χ3v) is 7.18. The summed E-state index contributed by atoms with van der Waals surface area (Å²) in [4.78, 5) is 8.48. The Balaban J connectivity index is 0.000000620. The summed E-state index contributed by atoms with van der Waals surface area (Å²) >= 11 is 0. The fraction of sp³-hybridized carbons (Fsp3) is 0.0556. The average Bonchev–Trinajstić information content (AvgIpc) is 3.01. The van der Waals surface area contributed by atoms with Gasteiger partial charge >= 0.3 is 0 Å². The molecule has 0 atom stereocenters. The van der Waals surface area contributed by atoms with Crippen LogP contribution >= 0.6 is 0 Å². The maximum Gasteiger partial charge on any atom is 0.0346 e. The summed E-state index contributed by atoms with van der Waals surface area (Å²) < 4.78 is 0. The number of hydrogen-bond donors (Lipinski definition) is 0. The Morgan fingerprint density at radius 1 is 0.447 bits per heavy atom. The Bertz CT molecular complexity index is 1850. The average molecular weight is 489 g/mol. The Morgan fingerprint density at radius 2 is 0.974 bits per heavy atom. The van der Waals surface area contributed by atoms with Gasteiger partial charge in [-0.15, -0.1) is 0 Å². The lowest BCUT2D eigenvalue weighted by Crippen LogP contribution is -1.90. The van der Waals surface area contributed by atoms with Gasteiger partial charge in [-0.25, -0.2) is 0 Å². The van der Waals surface area contributed by atoms with Crippen LogP contribution in [0.1, 0.15) is 13.8 Å². The van der Waals surface area contributed by atoms with Crippen molar-refractivity contribution in [3.63, 3.8) is 0 Å². The number of aromatic nitrogens is 2. The van der Waals surface area contributed by atoms with E-state index in [1.165, 1.54) is 60.1 Å². The van der Waals surface area contributed by atoms with Gasteiger partial charge < -0.3 is 0 Å². The quantitative estimate of drug-likeness (QED) is 0.183. The highest BCUT2D eigenvalue weighted by atomic mass is 14.6. The molecule has 0 N–H and O–H groups in total. The van der Waals surface area contributed by atoms with E-state index in [9.17, 15) is 0 Å². The SMILES string of the molecule is C/C=C\C.c1cncc(-c2ccc3ccc4ccc(-c5ccc(-c6ccncc6)cc5)c5ccc2c3c45)c1. The van der Waals surface area contributed by atoms with Crippen molar-refractivity contribution in [1.29, 1.82) is 0 Å². The molecule has 5 aromatic carbocycles. The number of hydrogen-bond acceptors (Lipinski definition) is 2. The smallest absolute Gasteiger partial charge is 0.0346 e. The van der Waals surface area contributed by atoms with E-state index in [-0.39, 0.29) is 0 Å². The van der Waals surface area contributed by atoms with E-state index in [0.717, 1.165) is 5.56 Å². The second kappa shape index (κ2) is 10.3. The van der Waals surface area contributed by atoms with Gasteiger partial charge in [0, 0.05) is 30.4 Å². The first-order valence-electron chi connectivity index (χ1n) is 13.0. The molecule has 0 amide bonds. The van der Waals surface area contributed by atoms with Crippen molar-refractivity contribution in [2.75, 3.05) is 0 Å². The van der Waals surface area contributed by atoms with Gasteiger partial charge in [0.2, 0.25) is 0 Å². The highest BCUT2D eigenvalue weighted by Gasteiger charge is 2.15. The maximum atomic E-state index is 4.35. The molecular weight excluding hydrogens is 460 g/mol. The molecule has 0 aliphatic rings. The molecule has 7 rings (SSSR count). The Morgan fingerprint density at radius 3 is 1.53 bits per heavy atom. The summed E-state index contributed by atoms with van der Waals surface area (Å²) in [5.74, 6) is 0. The summed E-state index contributed by atoms with van der Waals surface area (Å²) in [6.07, 6.45) is 11.4. The zero-order chi connectivity index (χ0) is 25.9. The minimum absolute atomic E-state index is 1.15. The summed E-state index contributed by atoms with van der Waals surface area (Å²) in [5, 5.41) is 7.76. The molecule has 182 valence electrons. The fourth-order valence-corrected chi connectivity index (χ4v) is 5.21. The van der Waals surface area contributed by atoms with E-state index >= 15 is 0 Å². The molecule has 0 fully saturated rings. The van der Waals surface area contributed by atoms with Gasteiger partial charge in [0.15, 0.2) is 0 Å². The third-order valence-electron chi connectivity index (χ3n) is 7.18. The molecule has 2 nitrogen and oxygen atoms in total. The van der Waals surface area contributed by atoms with E-state index < -0.39 is 0 Å².